The van der Waals surface area contributed by atoms with E-state index < -0.39 is 15.6 Å². The lowest BCUT2D eigenvalue weighted by Gasteiger charge is -2.26. The van der Waals surface area contributed by atoms with Gasteiger partial charge < -0.3 is 10.1 Å². The topological polar surface area (TPSA) is 87.7 Å². The van der Waals surface area contributed by atoms with E-state index >= 15 is 0 Å². The molecule has 2 aromatic carbocycles. The van der Waals surface area contributed by atoms with Gasteiger partial charge in [0, 0.05) is 36.4 Å². The average molecular weight is 446 g/mol. The van der Waals surface area contributed by atoms with Gasteiger partial charge in [0.25, 0.3) is 5.91 Å². The fourth-order valence-electron chi connectivity index (χ4n) is 3.44. The molecule has 0 aliphatic carbocycles. The SMILES string of the molecule is Cc1ccc(S(=O)(=O)NC(C)(C)C)cc1C(=O)Nc1cccc(CN2CCOCC2)c1. The Morgan fingerprint density at radius 3 is 2.48 bits per heavy atom. The summed E-state index contributed by atoms with van der Waals surface area (Å²) in [5, 5.41) is 2.91. The quantitative estimate of drug-likeness (QED) is 0.713. The Kier molecular flexibility index (Phi) is 7.16. The second-order valence-corrected chi connectivity index (χ2v) is 10.6. The van der Waals surface area contributed by atoms with Crippen molar-refractivity contribution in [2.45, 2.75) is 44.7 Å². The summed E-state index contributed by atoms with van der Waals surface area (Å²) < 4.78 is 33.3. The van der Waals surface area contributed by atoms with Crippen LogP contribution in [0.25, 0.3) is 0 Å². The van der Waals surface area contributed by atoms with Crippen molar-refractivity contribution in [3.8, 4) is 0 Å². The molecule has 1 fully saturated rings. The van der Waals surface area contributed by atoms with Crippen LogP contribution in [0.2, 0.25) is 0 Å². The summed E-state index contributed by atoms with van der Waals surface area (Å²) in [6.07, 6.45) is 0. The molecule has 0 unspecified atom stereocenters. The lowest BCUT2D eigenvalue weighted by Crippen LogP contribution is -2.40. The van der Waals surface area contributed by atoms with Gasteiger partial charge in [0.2, 0.25) is 10.0 Å². The molecule has 1 saturated heterocycles. The lowest BCUT2D eigenvalue weighted by molar-refractivity contribution is 0.0342. The Morgan fingerprint density at radius 1 is 1.10 bits per heavy atom. The number of nitrogens with one attached hydrogen (secondary N) is 2. The third kappa shape index (κ3) is 6.61. The number of hydrogen-bond donors (Lipinski definition) is 2. The highest BCUT2D eigenvalue weighted by molar-refractivity contribution is 7.89. The first-order valence-electron chi connectivity index (χ1n) is 10.4. The average Bonchev–Trinajstić information content (AvgIpc) is 2.67. The number of nitrogens with zero attached hydrogens (tertiary/aromatic N) is 1. The van der Waals surface area contributed by atoms with Crippen molar-refractivity contribution in [3.05, 3.63) is 59.2 Å². The van der Waals surface area contributed by atoms with E-state index in [1.807, 2.05) is 24.3 Å². The first kappa shape index (κ1) is 23.4. The molecule has 0 bridgehead atoms. The molecular weight excluding hydrogens is 414 g/mol. The van der Waals surface area contributed by atoms with Crippen LogP contribution < -0.4 is 10.0 Å². The van der Waals surface area contributed by atoms with Crippen molar-refractivity contribution in [2.75, 3.05) is 31.6 Å². The van der Waals surface area contributed by atoms with Gasteiger partial charge in [-0.25, -0.2) is 13.1 Å². The molecule has 0 aromatic heterocycles. The molecule has 0 radical (unpaired) electrons. The van der Waals surface area contributed by atoms with Crippen molar-refractivity contribution in [2.24, 2.45) is 0 Å². The van der Waals surface area contributed by atoms with Crippen molar-refractivity contribution >= 4 is 21.6 Å². The zero-order chi connectivity index (χ0) is 22.6. The Labute approximate surface area is 184 Å². The van der Waals surface area contributed by atoms with Gasteiger partial charge in [-0.2, -0.15) is 0 Å². The second-order valence-electron chi connectivity index (χ2n) is 8.88. The Bertz CT molecular complexity index is 1040. The highest BCUT2D eigenvalue weighted by Crippen LogP contribution is 2.20. The first-order chi connectivity index (χ1) is 14.5. The summed E-state index contributed by atoms with van der Waals surface area (Å²) in [7, 11) is -3.73. The monoisotopic (exact) mass is 445 g/mol. The van der Waals surface area contributed by atoms with Gasteiger partial charge in [0.05, 0.1) is 18.1 Å². The third-order valence-corrected chi connectivity index (χ3v) is 6.65. The van der Waals surface area contributed by atoms with E-state index in [2.05, 4.69) is 14.9 Å². The number of sulfonamides is 1. The Balaban J connectivity index is 1.77. The van der Waals surface area contributed by atoms with Gasteiger partial charge in [0.1, 0.15) is 0 Å². The fourth-order valence-corrected chi connectivity index (χ4v) is 4.88. The molecular formula is C23H31N3O4S. The smallest absolute Gasteiger partial charge is 0.255 e. The number of aryl methyl sites for hydroxylation is 1. The van der Waals surface area contributed by atoms with Gasteiger partial charge in [-0.1, -0.05) is 18.2 Å². The number of carbonyl (C=O) groups excluding carboxylic acids is 1. The summed E-state index contributed by atoms with van der Waals surface area (Å²) in [5.41, 5.74) is 2.19. The highest BCUT2D eigenvalue weighted by atomic mass is 32.2. The van der Waals surface area contributed by atoms with Gasteiger partial charge in [-0.3, -0.25) is 9.69 Å². The summed E-state index contributed by atoms with van der Waals surface area (Å²) >= 11 is 0. The molecule has 168 valence electrons. The number of morpholine rings is 1. The van der Waals surface area contributed by atoms with Crippen LogP contribution in [0.4, 0.5) is 5.69 Å². The number of benzene rings is 2. The van der Waals surface area contributed by atoms with Crippen molar-refractivity contribution in [1.29, 1.82) is 0 Å². The molecule has 0 atom stereocenters. The number of amides is 1. The molecule has 2 N–H and O–H groups in total. The lowest BCUT2D eigenvalue weighted by atomic mass is 10.1. The summed E-state index contributed by atoms with van der Waals surface area (Å²) in [6, 6.07) is 12.3. The molecule has 1 heterocycles. The predicted octanol–water partition coefficient (Wildman–Crippen LogP) is 3.16. The zero-order valence-electron chi connectivity index (χ0n) is 18.6. The van der Waals surface area contributed by atoms with Crippen LogP contribution in [0.3, 0.4) is 0 Å². The number of anilines is 1. The van der Waals surface area contributed by atoms with Crippen LogP contribution >= 0.6 is 0 Å². The molecule has 0 spiro atoms. The van der Waals surface area contributed by atoms with E-state index in [-0.39, 0.29) is 10.8 Å². The minimum atomic E-state index is -3.73. The fraction of sp³-hybridized carbons (Fsp3) is 0.435. The molecule has 2 aromatic rings. The van der Waals surface area contributed by atoms with Gasteiger partial charge >= 0.3 is 0 Å². The molecule has 1 amide bonds. The molecule has 7 nitrogen and oxygen atoms in total. The summed E-state index contributed by atoms with van der Waals surface area (Å²) in [6.45, 7) is 11.1. The largest absolute Gasteiger partial charge is 0.379 e. The minimum absolute atomic E-state index is 0.0687. The Hall–Kier alpha value is -2.26. The van der Waals surface area contributed by atoms with Crippen LogP contribution in [0.5, 0.6) is 0 Å². The summed E-state index contributed by atoms with van der Waals surface area (Å²) in [4.78, 5) is 15.3. The van der Waals surface area contributed by atoms with E-state index in [9.17, 15) is 13.2 Å². The normalized spacial score (nSPS) is 15.6. The van der Waals surface area contributed by atoms with Crippen molar-refractivity contribution in [1.82, 2.24) is 9.62 Å². The number of hydrogen-bond acceptors (Lipinski definition) is 5. The van der Waals surface area contributed by atoms with Crippen LogP contribution in [-0.4, -0.2) is 51.1 Å². The third-order valence-electron chi connectivity index (χ3n) is 4.90. The van der Waals surface area contributed by atoms with E-state index in [4.69, 9.17) is 4.74 Å². The van der Waals surface area contributed by atoms with Crippen LogP contribution in [-0.2, 0) is 21.3 Å². The van der Waals surface area contributed by atoms with E-state index in [0.717, 1.165) is 38.4 Å². The minimum Gasteiger partial charge on any atom is -0.379 e. The first-order valence-corrected chi connectivity index (χ1v) is 11.9. The number of carbonyl (C=O) groups is 1. The van der Waals surface area contributed by atoms with E-state index in [1.54, 1.807) is 33.8 Å². The molecule has 0 saturated carbocycles. The second kappa shape index (κ2) is 9.48. The molecule has 8 heteroatoms. The number of ether oxygens (including phenoxy) is 1. The molecule has 31 heavy (non-hydrogen) atoms. The maximum Gasteiger partial charge on any atom is 0.255 e. The maximum atomic E-state index is 12.9. The maximum absolute atomic E-state index is 12.9. The van der Waals surface area contributed by atoms with Crippen molar-refractivity contribution < 1.29 is 17.9 Å². The van der Waals surface area contributed by atoms with E-state index in [1.165, 1.54) is 12.1 Å². The highest BCUT2D eigenvalue weighted by Gasteiger charge is 2.23. The van der Waals surface area contributed by atoms with Gasteiger partial charge in [0.15, 0.2) is 0 Å². The van der Waals surface area contributed by atoms with Gasteiger partial charge in [-0.15, -0.1) is 0 Å². The van der Waals surface area contributed by atoms with Crippen LogP contribution in [0, 0.1) is 6.92 Å². The van der Waals surface area contributed by atoms with Crippen molar-refractivity contribution in [3.63, 3.8) is 0 Å². The Morgan fingerprint density at radius 2 is 1.81 bits per heavy atom. The number of rotatable bonds is 6. The molecule has 1 aliphatic heterocycles. The van der Waals surface area contributed by atoms with Gasteiger partial charge in [-0.05, 0) is 63.1 Å². The predicted molar refractivity (Wildman–Crippen MR) is 122 cm³/mol. The van der Waals surface area contributed by atoms with E-state index in [0.29, 0.717) is 16.8 Å². The standard InChI is InChI=1S/C23H31N3O4S/c1-17-8-9-20(31(28,29)25-23(2,3)4)15-21(17)22(27)24-19-7-5-6-18(14-19)16-26-10-12-30-13-11-26/h5-9,14-15,25H,10-13,16H2,1-4H3,(H,24,27). The molecule has 3 rings (SSSR count). The zero-order valence-corrected chi connectivity index (χ0v) is 19.4. The molecule has 1 aliphatic rings. The van der Waals surface area contributed by atoms with Crippen LogP contribution in [0.1, 0.15) is 42.3 Å². The summed E-state index contributed by atoms with van der Waals surface area (Å²) in [5.74, 6) is -0.339. The van der Waals surface area contributed by atoms with Crippen LogP contribution in [0.15, 0.2) is 47.4 Å².